The Labute approximate surface area is 151 Å². The van der Waals surface area contributed by atoms with Gasteiger partial charge >= 0.3 is 0 Å². The van der Waals surface area contributed by atoms with Crippen molar-refractivity contribution >= 4 is 22.4 Å². The number of halogens is 1. The number of hydrogen-bond acceptors (Lipinski definition) is 5. The number of rotatable bonds is 4. The minimum absolute atomic E-state index is 0.297. The van der Waals surface area contributed by atoms with Gasteiger partial charge in [-0.1, -0.05) is 0 Å². The van der Waals surface area contributed by atoms with Gasteiger partial charge in [-0.2, -0.15) is 0 Å². The number of anilines is 1. The first-order valence-electron chi connectivity index (χ1n) is 7.68. The maximum atomic E-state index is 13.2. The normalized spacial score (nSPS) is 10.7. The Bertz CT molecular complexity index is 1030. The molecule has 8 heteroatoms. The van der Waals surface area contributed by atoms with Gasteiger partial charge in [-0.05, 0) is 36.4 Å². The Kier molecular flexibility index (Phi) is 4.24. The first-order valence-corrected chi connectivity index (χ1v) is 8.56. The molecule has 0 spiro atoms. The van der Waals surface area contributed by atoms with Gasteiger partial charge in [0.15, 0.2) is 5.13 Å². The Morgan fingerprint density at radius 1 is 1.04 bits per heavy atom. The van der Waals surface area contributed by atoms with Crippen molar-refractivity contribution in [1.29, 1.82) is 0 Å². The molecule has 3 aromatic heterocycles. The van der Waals surface area contributed by atoms with E-state index >= 15 is 0 Å². The van der Waals surface area contributed by atoms with Gasteiger partial charge < -0.3 is 4.98 Å². The van der Waals surface area contributed by atoms with E-state index in [1.807, 2.05) is 0 Å². The summed E-state index contributed by atoms with van der Waals surface area (Å²) < 4.78 is 13.2. The molecular formula is C18H12FN5OS. The van der Waals surface area contributed by atoms with Gasteiger partial charge in [0.25, 0.3) is 5.91 Å². The minimum Gasteiger partial charge on any atom is -0.333 e. The van der Waals surface area contributed by atoms with Crippen LogP contribution in [0.2, 0.25) is 0 Å². The number of carbonyl (C=O) groups excluding carboxylic acids is 1. The lowest BCUT2D eigenvalue weighted by Crippen LogP contribution is -2.13. The first kappa shape index (κ1) is 16.1. The summed E-state index contributed by atoms with van der Waals surface area (Å²) >= 11 is 1.32. The van der Waals surface area contributed by atoms with Crippen LogP contribution in [0.25, 0.3) is 22.6 Å². The molecule has 0 saturated heterocycles. The zero-order valence-corrected chi connectivity index (χ0v) is 14.1. The molecule has 1 amide bonds. The fourth-order valence-electron chi connectivity index (χ4n) is 2.45. The summed E-state index contributed by atoms with van der Waals surface area (Å²) in [5, 5.41) is 5.01. The Morgan fingerprint density at radius 3 is 2.50 bits per heavy atom. The van der Waals surface area contributed by atoms with Crippen LogP contribution in [-0.2, 0) is 0 Å². The number of aromatic nitrogens is 4. The highest BCUT2D eigenvalue weighted by atomic mass is 32.1. The number of imidazole rings is 1. The van der Waals surface area contributed by atoms with Crippen LogP contribution in [0.3, 0.4) is 0 Å². The summed E-state index contributed by atoms with van der Waals surface area (Å²) in [6, 6.07) is 9.44. The lowest BCUT2D eigenvalue weighted by molar-refractivity contribution is 0.102. The average Bonchev–Trinajstić information content (AvgIpc) is 3.33. The van der Waals surface area contributed by atoms with Crippen LogP contribution in [0.5, 0.6) is 0 Å². The maximum absolute atomic E-state index is 13.2. The molecule has 2 N–H and O–H groups in total. The number of nitrogens with zero attached hydrogens (tertiary/aromatic N) is 3. The van der Waals surface area contributed by atoms with Crippen molar-refractivity contribution in [2.75, 3.05) is 5.32 Å². The molecule has 3 heterocycles. The largest absolute Gasteiger partial charge is 0.333 e. The van der Waals surface area contributed by atoms with Crippen LogP contribution in [0.1, 0.15) is 10.5 Å². The summed E-state index contributed by atoms with van der Waals surface area (Å²) in [6.45, 7) is 0. The smallest absolute Gasteiger partial charge is 0.276 e. The number of amides is 1. The zero-order chi connectivity index (χ0) is 17.9. The number of carbonyl (C=O) groups is 1. The van der Waals surface area contributed by atoms with Crippen LogP contribution in [-0.4, -0.2) is 25.8 Å². The van der Waals surface area contributed by atoms with Crippen molar-refractivity contribution in [2.45, 2.75) is 0 Å². The highest BCUT2D eigenvalue weighted by molar-refractivity contribution is 7.13. The molecule has 128 valence electrons. The number of aromatic amines is 1. The molecule has 6 nitrogen and oxygen atoms in total. The molecule has 26 heavy (non-hydrogen) atoms. The highest BCUT2D eigenvalue weighted by Crippen LogP contribution is 2.27. The average molecular weight is 365 g/mol. The molecule has 0 saturated carbocycles. The van der Waals surface area contributed by atoms with E-state index in [-0.39, 0.29) is 11.7 Å². The molecule has 0 radical (unpaired) electrons. The van der Waals surface area contributed by atoms with Crippen LogP contribution >= 0.6 is 11.3 Å². The van der Waals surface area contributed by atoms with Crippen LogP contribution in [0.15, 0.2) is 60.4 Å². The van der Waals surface area contributed by atoms with E-state index in [0.29, 0.717) is 27.9 Å². The summed E-state index contributed by atoms with van der Waals surface area (Å²) in [7, 11) is 0. The molecule has 0 atom stereocenters. The molecule has 0 fully saturated rings. The SMILES string of the molecule is O=C(Nc1nccs1)c1[nH]c(-c2ccc(F)cc2)nc1-c1ccncc1. The van der Waals surface area contributed by atoms with Gasteiger partial charge in [0.05, 0.1) is 0 Å². The number of hydrogen-bond donors (Lipinski definition) is 2. The third kappa shape index (κ3) is 3.22. The predicted octanol–water partition coefficient (Wildman–Crippen LogP) is 3.99. The van der Waals surface area contributed by atoms with Crippen LogP contribution < -0.4 is 5.32 Å². The van der Waals surface area contributed by atoms with Crippen molar-refractivity contribution in [2.24, 2.45) is 0 Å². The van der Waals surface area contributed by atoms with Gasteiger partial charge in [-0.3, -0.25) is 15.1 Å². The van der Waals surface area contributed by atoms with E-state index in [1.165, 1.54) is 23.5 Å². The topological polar surface area (TPSA) is 83.6 Å². The fraction of sp³-hybridized carbons (Fsp3) is 0. The van der Waals surface area contributed by atoms with E-state index in [2.05, 4.69) is 25.3 Å². The molecule has 0 unspecified atom stereocenters. The molecular weight excluding hydrogens is 353 g/mol. The predicted molar refractivity (Wildman–Crippen MR) is 97.3 cm³/mol. The molecule has 0 bridgehead atoms. The Morgan fingerprint density at radius 2 is 1.81 bits per heavy atom. The summed E-state index contributed by atoms with van der Waals surface area (Å²) in [4.78, 5) is 28.4. The Hall–Kier alpha value is -3.39. The summed E-state index contributed by atoms with van der Waals surface area (Å²) in [5.74, 6) is -0.217. The highest BCUT2D eigenvalue weighted by Gasteiger charge is 2.20. The van der Waals surface area contributed by atoms with Crippen LogP contribution in [0, 0.1) is 5.82 Å². The number of thiazole rings is 1. The molecule has 0 aliphatic heterocycles. The van der Waals surface area contributed by atoms with E-state index in [0.717, 1.165) is 5.56 Å². The fourth-order valence-corrected chi connectivity index (χ4v) is 2.97. The third-order valence-corrected chi connectivity index (χ3v) is 4.34. The second-order valence-electron chi connectivity index (χ2n) is 5.34. The third-order valence-electron chi connectivity index (χ3n) is 3.66. The monoisotopic (exact) mass is 365 g/mol. The summed E-state index contributed by atoms with van der Waals surface area (Å²) in [5.41, 5.74) is 2.20. The minimum atomic E-state index is -0.354. The van der Waals surface area contributed by atoms with E-state index in [4.69, 9.17) is 0 Å². The van der Waals surface area contributed by atoms with Crippen molar-refractivity contribution < 1.29 is 9.18 Å². The van der Waals surface area contributed by atoms with Crippen molar-refractivity contribution in [3.8, 4) is 22.6 Å². The first-order chi connectivity index (χ1) is 12.7. The molecule has 0 aliphatic rings. The molecule has 1 aromatic carbocycles. The van der Waals surface area contributed by atoms with Gasteiger partial charge in [-0.15, -0.1) is 11.3 Å². The summed E-state index contributed by atoms with van der Waals surface area (Å²) in [6.07, 6.45) is 4.87. The quantitative estimate of drug-likeness (QED) is 0.573. The second-order valence-corrected chi connectivity index (χ2v) is 6.24. The van der Waals surface area contributed by atoms with Crippen LogP contribution in [0.4, 0.5) is 9.52 Å². The maximum Gasteiger partial charge on any atom is 0.276 e. The lowest BCUT2D eigenvalue weighted by Gasteiger charge is -2.02. The molecule has 4 aromatic rings. The number of H-pyrrole nitrogens is 1. The number of benzene rings is 1. The lowest BCUT2D eigenvalue weighted by atomic mass is 10.1. The van der Waals surface area contributed by atoms with E-state index in [1.54, 1.807) is 48.2 Å². The Balaban J connectivity index is 1.77. The van der Waals surface area contributed by atoms with Crippen molar-refractivity contribution in [3.05, 3.63) is 71.9 Å². The standard InChI is InChI=1S/C18H12FN5OS/c19-13-3-1-12(2-4-13)16-22-14(11-5-7-20-8-6-11)15(23-16)17(25)24-18-21-9-10-26-18/h1-10H,(H,22,23)(H,21,24,25). The molecule has 0 aliphatic carbocycles. The van der Waals surface area contributed by atoms with Crippen molar-refractivity contribution in [1.82, 2.24) is 19.9 Å². The molecule has 4 rings (SSSR count). The van der Waals surface area contributed by atoms with Gasteiger partial charge in [0.2, 0.25) is 0 Å². The second kappa shape index (κ2) is 6.85. The number of pyridine rings is 1. The van der Waals surface area contributed by atoms with E-state index < -0.39 is 0 Å². The van der Waals surface area contributed by atoms with E-state index in [9.17, 15) is 9.18 Å². The zero-order valence-electron chi connectivity index (χ0n) is 13.3. The van der Waals surface area contributed by atoms with Gasteiger partial charge in [0, 0.05) is 35.1 Å². The van der Waals surface area contributed by atoms with Crippen molar-refractivity contribution in [3.63, 3.8) is 0 Å². The van der Waals surface area contributed by atoms with Gasteiger partial charge in [0.1, 0.15) is 23.0 Å². The van der Waals surface area contributed by atoms with Gasteiger partial charge in [-0.25, -0.2) is 14.4 Å². The number of nitrogens with one attached hydrogen (secondary N) is 2.